The number of aromatic nitrogens is 4. The highest BCUT2D eigenvalue weighted by atomic mass is 16.3. The van der Waals surface area contributed by atoms with E-state index in [0.717, 1.165) is 30.4 Å². The molecule has 1 aliphatic heterocycles. The Balaban J connectivity index is 1.45. The number of anilines is 1. The van der Waals surface area contributed by atoms with E-state index in [-0.39, 0.29) is 11.9 Å². The standard InChI is InChI=1S/C25H28N6O2/c1-3-18-14-26-24(27-15-18)28-16-20-17(2)8-7-11-30(20)23(32)22-21(19-9-5-4-6-10-19)29-25-31(22)12-13-33-25/h4-6,9-10,12-15,17,20H,3,7-8,11,16H2,1-2H3,(H,26,27,28)/t17-,20-/m1/s1. The second-order valence-electron chi connectivity index (χ2n) is 8.57. The van der Waals surface area contributed by atoms with Crippen molar-refractivity contribution in [3.05, 3.63) is 66.4 Å². The third kappa shape index (κ3) is 4.08. The number of nitrogens with zero attached hydrogens (tertiary/aromatic N) is 5. The molecule has 0 unspecified atom stereocenters. The first-order valence-corrected chi connectivity index (χ1v) is 11.5. The molecule has 1 fully saturated rings. The summed E-state index contributed by atoms with van der Waals surface area (Å²) < 4.78 is 7.27. The summed E-state index contributed by atoms with van der Waals surface area (Å²) >= 11 is 0. The van der Waals surface area contributed by atoms with Crippen LogP contribution in [0, 0.1) is 5.92 Å². The van der Waals surface area contributed by atoms with Crippen molar-refractivity contribution in [2.75, 3.05) is 18.4 Å². The fourth-order valence-corrected chi connectivity index (χ4v) is 4.56. The van der Waals surface area contributed by atoms with Crippen molar-refractivity contribution in [2.45, 2.75) is 39.2 Å². The second-order valence-corrected chi connectivity index (χ2v) is 8.57. The molecule has 0 bridgehead atoms. The third-order valence-electron chi connectivity index (χ3n) is 6.47. The van der Waals surface area contributed by atoms with Gasteiger partial charge >= 0.3 is 5.84 Å². The van der Waals surface area contributed by atoms with Gasteiger partial charge in [-0.1, -0.05) is 44.2 Å². The highest BCUT2D eigenvalue weighted by Gasteiger charge is 2.35. The van der Waals surface area contributed by atoms with Crippen LogP contribution in [0.15, 0.2) is 59.6 Å². The van der Waals surface area contributed by atoms with Gasteiger partial charge in [0.1, 0.15) is 17.7 Å². The van der Waals surface area contributed by atoms with Gasteiger partial charge in [-0.05, 0) is 30.7 Å². The zero-order valence-corrected chi connectivity index (χ0v) is 18.9. The van der Waals surface area contributed by atoms with Crippen LogP contribution in [0.1, 0.15) is 42.7 Å². The first-order valence-electron chi connectivity index (χ1n) is 11.5. The normalized spacial score (nSPS) is 18.5. The lowest BCUT2D eigenvalue weighted by atomic mass is 9.90. The van der Waals surface area contributed by atoms with E-state index < -0.39 is 0 Å². The molecule has 4 aromatic rings. The number of carbonyl (C=O) groups excluding carboxylic acids is 1. The predicted octanol–water partition coefficient (Wildman–Crippen LogP) is 4.30. The molecular formula is C25H28N6O2. The van der Waals surface area contributed by atoms with Crippen LogP contribution in [0.2, 0.25) is 0 Å². The number of carbonyl (C=O) groups is 1. The van der Waals surface area contributed by atoms with Gasteiger partial charge in [0.05, 0.1) is 6.04 Å². The van der Waals surface area contributed by atoms with Gasteiger partial charge in [0, 0.05) is 37.2 Å². The van der Waals surface area contributed by atoms with Crippen LogP contribution in [0.4, 0.5) is 5.95 Å². The van der Waals surface area contributed by atoms with Gasteiger partial charge in [-0.25, -0.2) is 9.97 Å². The van der Waals surface area contributed by atoms with E-state index in [2.05, 4.69) is 34.1 Å². The minimum Gasteiger partial charge on any atom is -0.432 e. The molecule has 0 saturated carbocycles. The lowest BCUT2D eigenvalue weighted by Crippen LogP contribution is -2.51. The Kier molecular flexibility index (Phi) is 5.81. The van der Waals surface area contributed by atoms with Crippen molar-refractivity contribution in [1.29, 1.82) is 0 Å². The van der Waals surface area contributed by atoms with Gasteiger partial charge in [-0.15, -0.1) is 0 Å². The lowest BCUT2D eigenvalue weighted by molar-refractivity contribution is 0.0533. The average molecular weight is 445 g/mol. The molecule has 170 valence electrons. The number of hydrogen-bond donors (Lipinski definition) is 1. The number of likely N-dealkylation sites (tertiary alicyclic amines) is 1. The number of nitrogens with one attached hydrogen (secondary N) is 1. The number of hydrogen-bond acceptors (Lipinski definition) is 6. The molecule has 33 heavy (non-hydrogen) atoms. The van der Waals surface area contributed by atoms with Crippen molar-refractivity contribution in [3.63, 3.8) is 0 Å². The molecule has 0 radical (unpaired) electrons. The summed E-state index contributed by atoms with van der Waals surface area (Å²) in [5, 5.41) is 3.35. The average Bonchev–Trinajstić information content (AvgIpc) is 3.45. The second kappa shape index (κ2) is 9.05. The number of aryl methyl sites for hydroxylation is 1. The summed E-state index contributed by atoms with van der Waals surface area (Å²) in [5.41, 5.74) is 3.17. The van der Waals surface area contributed by atoms with E-state index in [4.69, 9.17) is 4.42 Å². The quantitative estimate of drug-likeness (QED) is 0.477. The zero-order valence-electron chi connectivity index (χ0n) is 18.9. The molecular weight excluding hydrogens is 416 g/mol. The molecule has 5 rings (SSSR count). The van der Waals surface area contributed by atoms with Crippen LogP contribution in [-0.4, -0.2) is 49.3 Å². The molecule has 2 atom stereocenters. The Hall–Kier alpha value is -3.68. The van der Waals surface area contributed by atoms with Crippen LogP contribution < -0.4 is 5.32 Å². The third-order valence-corrected chi connectivity index (χ3v) is 6.47. The summed E-state index contributed by atoms with van der Waals surface area (Å²) in [5.74, 6) is 1.31. The summed E-state index contributed by atoms with van der Waals surface area (Å²) in [6.45, 7) is 5.57. The van der Waals surface area contributed by atoms with E-state index in [1.165, 1.54) is 0 Å². The first-order chi connectivity index (χ1) is 16.2. The molecule has 4 heterocycles. The fraction of sp³-hybridized carbons (Fsp3) is 0.360. The first kappa shape index (κ1) is 21.2. The smallest absolute Gasteiger partial charge is 0.306 e. The molecule has 1 aliphatic rings. The molecule has 8 nitrogen and oxygen atoms in total. The minimum absolute atomic E-state index is 0.0155. The summed E-state index contributed by atoms with van der Waals surface area (Å²) in [4.78, 5) is 29.4. The predicted molar refractivity (Wildman–Crippen MR) is 126 cm³/mol. The van der Waals surface area contributed by atoms with Gasteiger partial charge in [0.15, 0.2) is 0 Å². The topological polar surface area (TPSA) is 88.6 Å². The number of imidazole rings is 1. The largest absolute Gasteiger partial charge is 0.432 e. The summed E-state index contributed by atoms with van der Waals surface area (Å²) in [7, 11) is 0. The zero-order chi connectivity index (χ0) is 22.8. The summed E-state index contributed by atoms with van der Waals surface area (Å²) in [6, 6.07) is 9.80. The van der Waals surface area contributed by atoms with Crippen LogP contribution >= 0.6 is 0 Å². The van der Waals surface area contributed by atoms with Gasteiger partial charge < -0.3 is 14.6 Å². The van der Waals surface area contributed by atoms with E-state index in [9.17, 15) is 4.79 Å². The molecule has 0 aliphatic carbocycles. The Labute approximate surface area is 192 Å². The van der Waals surface area contributed by atoms with Crippen LogP contribution in [0.5, 0.6) is 0 Å². The van der Waals surface area contributed by atoms with Crippen molar-refractivity contribution in [2.24, 2.45) is 5.92 Å². The Morgan fingerprint density at radius 1 is 1.21 bits per heavy atom. The maximum absolute atomic E-state index is 14.0. The van der Waals surface area contributed by atoms with Crippen molar-refractivity contribution >= 4 is 17.7 Å². The van der Waals surface area contributed by atoms with E-state index in [1.54, 1.807) is 16.9 Å². The van der Waals surface area contributed by atoms with Crippen LogP contribution in [-0.2, 0) is 6.42 Å². The Bertz CT molecular complexity index is 1230. The minimum atomic E-state index is -0.0386. The van der Waals surface area contributed by atoms with Gasteiger partial charge in [-0.3, -0.25) is 9.20 Å². The maximum Gasteiger partial charge on any atom is 0.306 e. The van der Waals surface area contributed by atoms with Crippen molar-refractivity contribution in [3.8, 4) is 11.3 Å². The van der Waals surface area contributed by atoms with E-state index >= 15 is 0 Å². The van der Waals surface area contributed by atoms with Gasteiger partial charge in [0.2, 0.25) is 5.95 Å². The van der Waals surface area contributed by atoms with E-state index in [0.29, 0.717) is 42.2 Å². The number of rotatable bonds is 6. The molecule has 0 spiro atoms. The molecule has 1 saturated heterocycles. The maximum atomic E-state index is 14.0. The fourth-order valence-electron chi connectivity index (χ4n) is 4.56. The Morgan fingerprint density at radius 3 is 2.76 bits per heavy atom. The van der Waals surface area contributed by atoms with Gasteiger partial charge in [-0.2, -0.15) is 4.98 Å². The molecule has 1 aromatic carbocycles. The monoisotopic (exact) mass is 444 g/mol. The molecule has 3 aromatic heterocycles. The molecule has 1 N–H and O–H groups in total. The van der Waals surface area contributed by atoms with Crippen LogP contribution in [0.3, 0.4) is 0 Å². The Morgan fingerprint density at radius 2 is 2.00 bits per heavy atom. The number of fused-ring (bicyclic) bond motifs is 1. The van der Waals surface area contributed by atoms with E-state index in [1.807, 2.05) is 47.6 Å². The number of amides is 1. The van der Waals surface area contributed by atoms with Crippen molar-refractivity contribution in [1.82, 2.24) is 24.3 Å². The number of oxazole rings is 1. The molecule has 1 amide bonds. The van der Waals surface area contributed by atoms with Crippen molar-refractivity contribution < 1.29 is 9.21 Å². The SMILES string of the molecule is CCc1cnc(NC[C@@H]2[C@H](C)CCCN2C(=O)c2c(-c3ccccc3)nc3occn23)nc1. The van der Waals surface area contributed by atoms with Crippen LogP contribution in [0.25, 0.3) is 17.1 Å². The number of piperidine rings is 1. The highest BCUT2D eigenvalue weighted by Crippen LogP contribution is 2.30. The van der Waals surface area contributed by atoms with Gasteiger partial charge in [0.25, 0.3) is 5.91 Å². The lowest BCUT2D eigenvalue weighted by Gasteiger charge is -2.40. The highest BCUT2D eigenvalue weighted by molar-refractivity contribution is 5.99. The molecule has 8 heteroatoms. The summed E-state index contributed by atoms with van der Waals surface area (Å²) in [6.07, 6.45) is 9.95. The number of benzene rings is 1.